The standard InChI is InChI=1S/C15H18ClFN2S/c1-2-6-19-12(8-13-9-18-10-20-13)7-11-4-3-5-14(16)15(11)17/h3-5,9-10,12,19H,2,6-8H2,1H3. The van der Waals surface area contributed by atoms with Crippen LogP contribution in [0, 0.1) is 5.82 Å². The molecular weight excluding hydrogens is 295 g/mol. The van der Waals surface area contributed by atoms with Crippen LogP contribution in [-0.2, 0) is 12.8 Å². The zero-order chi connectivity index (χ0) is 14.4. The molecular formula is C15H18ClFN2S. The van der Waals surface area contributed by atoms with Gasteiger partial charge in [-0.15, -0.1) is 11.3 Å². The van der Waals surface area contributed by atoms with Crippen molar-refractivity contribution in [2.75, 3.05) is 6.54 Å². The summed E-state index contributed by atoms with van der Waals surface area (Å²) in [5, 5.41) is 3.66. The van der Waals surface area contributed by atoms with Crippen LogP contribution in [-0.4, -0.2) is 17.6 Å². The van der Waals surface area contributed by atoms with E-state index in [1.54, 1.807) is 29.5 Å². The normalized spacial score (nSPS) is 12.6. The Balaban J connectivity index is 2.08. The van der Waals surface area contributed by atoms with Gasteiger partial charge in [0.25, 0.3) is 0 Å². The minimum atomic E-state index is -0.304. The zero-order valence-electron chi connectivity index (χ0n) is 11.4. The van der Waals surface area contributed by atoms with Gasteiger partial charge in [-0.05, 0) is 37.4 Å². The molecule has 2 rings (SSSR count). The van der Waals surface area contributed by atoms with E-state index in [0.717, 1.165) is 19.4 Å². The van der Waals surface area contributed by atoms with Crippen LogP contribution in [0.15, 0.2) is 29.9 Å². The van der Waals surface area contributed by atoms with Crippen molar-refractivity contribution in [3.8, 4) is 0 Å². The van der Waals surface area contributed by atoms with Gasteiger partial charge < -0.3 is 5.32 Å². The highest BCUT2D eigenvalue weighted by Gasteiger charge is 2.14. The summed E-state index contributed by atoms with van der Waals surface area (Å²) in [5.41, 5.74) is 2.49. The molecule has 2 nitrogen and oxygen atoms in total. The molecule has 20 heavy (non-hydrogen) atoms. The molecule has 5 heteroatoms. The molecule has 0 aliphatic heterocycles. The van der Waals surface area contributed by atoms with Crippen molar-refractivity contribution in [2.45, 2.75) is 32.2 Å². The number of hydrogen-bond donors (Lipinski definition) is 1. The summed E-state index contributed by atoms with van der Waals surface area (Å²) in [6, 6.07) is 5.38. The van der Waals surface area contributed by atoms with Gasteiger partial charge in [0.05, 0.1) is 10.5 Å². The second-order valence-electron chi connectivity index (χ2n) is 4.74. The average Bonchev–Trinajstić information content (AvgIpc) is 2.94. The van der Waals surface area contributed by atoms with E-state index in [2.05, 4.69) is 17.2 Å². The van der Waals surface area contributed by atoms with Crippen molar-refractivity contribution in [1.29, 1.82) is 0 Å². The topological polar surface area (TPSA) is 24.9 Å². The van der Waals surface area contributed by atoms with Gasteiger partial charge in [0, 0.05) is 17.1 Å². The van der Waals surface area contributed by atoms with Crippen LogP contribution in [0.4, 0.5) is 4.39 Å². The lowest BCUT2D eigenvalue weighted by Gasteiger charge is -2.18. The molecule has 2 aromatic rings. The molecule has 0 fully saturated rings. The molecule has 0 spiro atoms. The first-order valence-corrected chi connectivity index (χ1v) is 8.00. The minimum absolute atomic E-state index is 0.189. The molecule has 0 saturated carbocycles. The highest BCUT2D eigenvalue weighted by atomic mass is 35.5. The van der Waals surface area contributed by atoms with Gasteiger partial charge in [-0.1, -0.05) is 30.7 Å². The lowest BCUT2D eigenvalue weighted by atomic mass is 10.0. The summed E-state index contributed by atoms with van der Waals surface area (Å²) in [5.74, 6) is -0.304. The molecule has 1 unspecified atom stereocenters. The van der Waals surface area contributed by atoms with E-state index in [-0.39, 0.29) is 16.9 Å². The van der Waals surface area contributed by atoms with E-state index in [0.29, 0.717) is 12.0 Å². The number of benzene rings is 1. The molecule has 108 valence electrons. The first kappa shape index (κ1) is 15.4. The first-order valence-electron chi connectivity index (χ1n) is 6.74. The van der Waals surface area contributed by atoms with E-state index >= 15 is 0 Å². The van der Waals surface area contributed by atoms with Gasteiger partial charge >= 0.3 is 0 Å². The molecule has 0 aliphatic rings. The predicted octanol–water partition coefficient (Wildman–Crippen LogP) is 4.09. The Morgan fingerprint density at radius 2 is 2.25 bits per heavy atom. The summed E-state index contributed by atoms with van der Waals surface area (Å²) < 4.78 is 14.0. The van der Waals surface area contributed by atoms with Crippen LogP contribution < -0.4 is 5.32 Å². The lowest BCUT2D eigenvalue weighted by molar-refractivity contribution is 0.494. The number of rotatable bonds is 7. The molecule has 0 radical (unpaired) electrons. The van der Waals surface area contributed by atoms with Crippen LogP contribution in [0.5, 0.6) is 0 Å². The second-order valence-corrected chi connectivity index (χ2v) is 6.12. The number of hydrogen-bond acceptors (Lipinski definition) is 3. The van der Waals surface area contributed by atoms with E-state index in [9.17, 15) is 4.39 Å². The highest BCUT2D eigenvalue weighted by Crippen LogP contribution is 2.20. The first-order chi connectivity index (χ1) is 9.70. The summed E-state index contributed by atoms with van der Waals surface area (Å²) in [4.78, 5) is 5.30. The van der Waals surface area contributed by atoms with E-state index in [1.165, 1.54) is 4.88 Å². The van der Waals surface area contributed by atoms with Gasteiger partial charge in [-0.25, -0.2) is 4.39 Å². The lowest BCUT2D eigenvalue weighted by Crippen LogP contribution is -2.33. The Morgan fingerprint density at radius 3 is 2.95 bits per heavy atom. The Hall–Kier alpha value is -0.970. The van der Waals surface area contributed by atoms with Gasteiger partial charge in [0.1, 0.15) is 5.82 Å². The number of nitrogens with one attached hydrogen (secondary N) is 1. The van der Waals surface area contributed by atoms with Gasteiger partial charge in [-0.2, -0.15) is 0 Å². The Kier molecular flexibility index (Phi) is 5.95. The largest absolute Gasteiger partial charge is 0.313 e. The highest BCUT2D eigenvalue weighted by molar-refractivity contribution is 7.09. The fraction of sp³-hybridized carbons (Fsp3) is 0.400. The van der Waals surface area contributed by atoms with Crippen molar-refractivity contribution >= 4 is 22.9 Å². The van der Waals surface area contributed by atoms with Crippen molar-refractivity contribution < 1.29 is 4.39 Å². The fourth-order valence-corrected chi connectivity index (χ4v) is 2.99. The maximum absolute atomic E-state index is 14.0. The predicted molar refractivity (Wildman–Crippen MR) is 83.0 cm³/mol. The third-order valence-corrected chi connectivity index (χ3v) is 4.21. The second kappa shape index (κ2) is 7.72. The number of nitrogens with zero attached hydrogens (tertiary/aromatic N) is 1. The van der Waals surface area contributed by atoms with Crippen molar-refractivity contribution in [2.24, 2.45) is 0 Å². The molecule has 0 amide bonds. The maximum Gasteiger partial charge on any atom is 0.145 e. The smallest absolute Gasteiger partial charge is 0.145 e. The molecule has 1 aromatic heterocycles. The maximum atomic E-state index is 14.0. The summed E-state index contributed by atoms with van der Waals surface area (Å²) >= 11 is 7.47. The Bertz CT molecular complexity index is 531. The summed E-state index contributed by atoms with van der Waals surface area (Å²) in [6.45, 7) is 3.04. The zero-order valence-corrected chi connectivity index (χ0v) is 13.0. The minimum Gasteiger partial charge on any atom is -0.313 e. The van der Waals surface area contributed by atoms with E-state index < -0.39 is 0 Å². The summed E-state index contributed by atoms with van der Waals surface area (Å²) in [6.07, 6.45) is 4.41. The van der Waals surface area contributed by atoms with Crippen molar-refractivity contribution in [1.82, 2.24) is 10.3 Å². The van der Waals surface area contributed by atoms with Gasteiger partial charge in [0.15, 0.2) is 0 Å². The van der Waals surface area contributed by atoms with Gasteiger partial charge in [0.2, 0.25) is 0 Å². The molecule has 0 bridgehead atoms. The van der Waals surface area contributed by atoms with Crippen molar-refractivity contribution in [3.63, 3.8) is 0 Å². The van der Waals surface area contributed by atoms with E-state index in [4.69, 9.17) is 11.6 Å². The monoisotopic (exact) mass is 312 g/mol. The molecule has 0 saturated heterocycles. The molecule has 1 heterocycles. The van der Waals surface area contributed by atoms with Gasteiger partial charge in [-0.3, -0.25) is 4.98 Å². The van der Waals surface area contributed by atoms with Crippen LogP contribution in [0.2, 0.25) is 5.02 Å². The number of aromatic nitrogens is 1. The van der Waals surface area contributed by atoms with E-state index in [1.807, 2.05) is 11.7 Å². The third kappa shape index (κ3) is 4.27. The van der Waals surface area contributed by atoms with Crippen LogP contribution >= 0.6 is 22.9 Å². The van der Waals surface area contributed by atoms with Crippen LogP contribution in [0.25, 0.3) is 0 Å². The average molecular weight is 313 g/mol. The van der Waals surface area contributed by atoms with Crippen LogP contribution in [0.3, 0.4) is 0 Å². The molecule has 1 N–H and O–H groups in total. The summed E-state index contributed by atoms with van der Waals surface area (Å²) in [7, 11) is 0. The van der Waals surface area contributed by atoms with Crippen LogP contribution in [0.1, 0.15) is 23.8 Å². The number of halogens is 2. The molecule has 1 aromatic carbocycles. The Labute approximate surface area is 128 Å². The van der Waals surface area contributed by atoms with Crippen molar-refractivity contribution in [3.05, 3.63) is 51.2 Å². The quantitative estimate of drug-likeness (QED) is 0.833. The molecule has 1 atom stereocenters. The Morgan fingerprint density at radius 1 is 1.40 bits per heavy atom. The molecule has 0 aliphatic carbocycles. The fourth-order valence-electron chi connectivity index (χ4n) is 2.12. The third-order valence-electron chi connectivity index (χ3n) is 3.11. The number of thiazole rings is 1. The SMILES string of the molecule is CCCNC(Cc1cncs1)Cc1cccc(Cl)c1F.